The molecule has 4 heterocycles. The number of amides is 2. The van der Waals surface area contributed by atoms with Crippen molar-refractivity contribution in [1.82, 2.24) is 25.3 Å². The van der Waals surface area contributed by atoms with Crippen molar-refractivity contribution in [1.29, 1.82) is 0 Å². The average Bonchev–Trinajstić information content (AvgIpc) is 3.16. The van der Waals surface area contributed by atoms with E-state index in [4.69, 9.17) is 4.52 Å². The fourth-order valence-corrected chi connectivity index (χ4v) is 4.88. The molecule has 1 saturated carbocycles. The van der Waals surface area contributed by atoms with E-state index in [2.05, 4.69) is 20.8 Å². The summed E-state index contributed by atoms with van der Waals surface area (Å²) in [6, 6.07) is 7.09. The van der Waals surface area contributed by atoms with Crippen molar-refractivity contribution in [3.63, 3.8) is 0 Å². The summed E-state index contributed by atoms with van der Waals surface area (Å²) in [6.07, 6.45) is 2.53. The highest BCUT2D eigenvalue weighted by molar-refractivity contribution is 5.95. The van der Waals surface area contributed by atoms with Gasteiger partial charge < -0.3 is 20.3 Å². The molecule has 2 aromatic heterocycles. The zero-order valence-corrected chi connectivity index (χ0v) is 19.0. The van der Waals surface area contributed by atoms with Crippen LogP contribution in [-0.4, -0.2) is 31.6 Å². The summed E-state index contributed by atoms with van der Waals surface area (Å²) >= 11 is 0. The van der Waals surface area contributed by atoms with Gasteiger partial charge in [-0.2, -0.15) is 0 Å². The van der Waals surface area contributed by atoms with Crippen LogP contribution < -0.4 is 16.2 Å². The Balaban J connectivity index is 1.50. The van der Waals surface area contributed by atoms with Crippen molar-refractivity contribution < 1.29 is 23.6 Å². The standard InChI is InChI=1S/C24H24FN5O5/c1-13-10-17(29-35-13)20(32)28-24-8-6-15(7-9-24)12-30-22(34)19(31)18(27-23(24)30)21(33)26-11-14-2-4-16(25)5-3-14/h2-5,10,15,31H,6-9,11-12H2,1H3,(H,26,33)(H,28,32). The minimum atomic E-state index is -1.00. The molecule has 0 atom stereocenters. The molecule has 10 nitrogen and oxygen atoms in total. The van der Waals surface area contributed by atoms with Gasteiger partial charge in [0.1, 0.15) is 17.4 Å². The quantitative estimate of drug-likeness (QED) is 0.507. The molecule has 35 heavy (non-hydrogen) atoms. The van der Waals surface area contributed by atoms with Gasteiger partial charge in [-0.3, -0.25) is 19.0 Å². The summed E-state index contributed by atoms with van der Waals surface area (Å²) in [5, 5.41) is 19.9. The SMILES string of the molecule is Cc1cc(C(=O)NC23CCC(CC2)Cn2c3nc(C(=O)NCc3ccc(F)cc3)c(O)c2=O)no1. The van der Waals surface area contributed by atoms with Crippen LogP contribution in [0.2, 0.25) is 0 Å². The van der Waals surface area contributed by atoms with Gasteiger partial charge in [0.2, 0.25) is 5.75 Å². The third-order valence-corrected chi connectivity index (χ3v) is 6.77. The second kappa shape index (κ2) is 8.64. The highest BCUT2D eigenvalue weighted by atomic mass is 19.1. The van der Waals surface area contributed by atoms with Crippen molar-refractivity contribution >= 4 is 11.8 Å². The van der Waals surface area contributed by atoms with Crippen molar-refractivity contribution in [2.24, 2.45) is 5.92 Å². The molecular formula is C24H24FN5O5. The van der Waals surface area contributed by atoms with Crippen molar-refractivity contribution in [3.05, 3.63) is 75.0 Å². The van der Waals surface area contributed by atoms with Crippen LogP contribution >= 0.6 is 0 Å². The molecule has 2 amide bonds. The molecule has 0 saturated heterocycles. The van der Waals surface area contributed by atoms with Crippen LogP contribution in [0, 0.1) is 18.7 Å². The van der Waals surface area contributed by atoms with Crippen molar-refractivity contribution in [3.8, 4) is 5.75 Å². The number of rotatable bonds is 5. The van der Waals surface area contributed by atoms with Crippen LogP contribution in [0.3, 0.4) is 0 Å². The molecule has 3 N–H and O–H groups in total. The summed E-state index contributed by atoms with van der Waals surface area (Å²) in [5.41, 5.74) is -1.41. The Bertz CT molecular complexity index is 1360. The van der Waals surface area contributed by atoms with Gasteiger partial charge in [0.15, 0.2) is 11.4 Å². The molecule has 3 aromatic rings. The third-order valence-electron chi connectivity index (χ3n) is 6.77. The lowest BCUT2D eigenvalue weighted by atomic mass is 9.77. The number of fused-ring (bicyclic) bond motifs is 2. The first-order valence-electron chi connectivity index (χ1n) is 11.4. The summed E-state index contributed by atoms with van der Waals surface area (Å²) in [5.74, 6) is -1.47. The smallest absolute Gasteiger partial charge is 0.296 e. The molecule has 0 unspecified atom stereocenters. The molecule has 0 radical (unpaired) electrons. The van der Waals surface area contributed by atoms with Crippen LogP contribution in [0.4, 0.5) is 4.39 Å². The van der Waals surface area contributed by atoms with Gasteiger partial charge in [-0.15, -0.1) is 0 Å². The van der Waals surface area contributed by atoms with E-state index in [1.807, 2.05) is 0 Å². The lowest BCUT2D eigenvalue weighted by molar-refractivity contribution is 0.0840. The maximum atomic E-state index is 13.1. The summed E-state index contributed by atoms with van der Waals surface area (Å²) in [4.78, 5) is 43.5. The number of carbonyl (C=O) groups is 2. The molecule has 2 aliphatic heterocycles. The number of nitrogens with one attached hydrogen (secondary N) is 2. The van der Waals surface area contributed by atoms with Crippen LogP contribution in [0.25, 0.3) is 0 Å². The lowest BCUT2D eigenvalue weighted by Gasteiger charge is -2.36. The van der Waals surface area contributed by atoms with E-state index in [0.717, 1.165) is 12.8 Å². The Hall–Kier alpha value is -4.02. The number of carbonyl (C=O) groups excluding carboxylic acids is 2. The number of aryl methyl sites for hydroxylation is 1. The highest BCUT2D eigenvalue weighted by Crippen LogP contribution is 2.43. The van der Waals surface area contributed by atoms with Gasteiger partial charge in [0, 0.05) is 19.2 Å². The first kappa shape index (κ1) is 22.8. The van der Waals surface area contributed by atoms with E-state index in [0.29, 0.717) is 30.7 Å². The van der Waals surface area contributed by atoms with Gasteiger partial charge in [-0.25, -0.2) is 9.37 Å². The normalized spacial score (nSPS) is 20.7. The van der Waals surface area contributed by atoms with Crippen LogP contribution in [-0.2, 0) is 18.6 Å². The molecule has 1 aromatic carbocycles. The number of hydrogen-bond acceptors (Lipinski definition) is 7. The molecule has 182 valence electrons. The third kappa shape index (κ3) is 4.17. The first-order chi connectivity index (χ1) is 16.8. The maximum absolute atomic E-state index is 13.1. The lowest BCUT2D eigenvalue weighted by Crippen LogP contribution is -2.50. The maximum Gasteiger partial charge on any atom is 0.296 e. The van der Waals surface area contributed by atoms with E-state index in [9.17, 15) is 23.9 Å². The van der Waals surface area contributed by atoms with Crippen LogP contribution in [0.15, 0.2) is 39.6 Å². The van der Waals surface area contributed by atoms with E-state index >= 15 is 0 Å². The van der Waals surface area contributed by atoms with Gasteiger partial charge in [-0.1, -0.05) is 17.3 Å². The van der Waals surface area contributed by atoms with E-state index in [-0.39, 0.29) is 24.0 Å². The number of aromatic hydroxyl groups is 1. The Morgan fingerprint density at radius 3 is 2.60 bits per heavy atom. The topological polar surface area (TPSA) is 139 Å². The summed E-state index contributed by atoms with van der Waals surface area (Å²) < 4.78 is 19.5. The average molecular weight is 481 g/mol. The summed E-state index contributed by atoms with van der Waals surface area (Å²) in [6.45, 7) is 2.07. The molecule has 1 fully saturated rings. The Morgan fingerprint density at radius 1 is 1.23 bits per heavy atom. The van der Waals surface area contributed by atoms with Gasteiger partial charge in [-0.05, 0) is 56.2 Å². The predicted octanol–water partition coefficient (Wildman–Crippen LogP) is 2.14. The number of aromatic nitrogens is 3. The molecule has 3 aliphatic rings. The Morgan fingerprint density at radius 2 is 1.94 bits per heavy atom. The van der Waals surface area contributed by atoms with Crippen molar-refractivity contribution in [2.45, 2.75) is 51.2 Å². The monoisotopic (exact) mass is 481 g/mol. The van der Waals surface area contributed by atoms with Gasteiger partial charge in [0.05, 0.1) is 5.54 Å². The molecule has 2 bridgehead atoms. The van der Waals surface area contributed by atoms with Gasteiger partial charge in [0.25, 0.3) is 17.4 Å². The highest BCUT2D eigenvalue weighted by Gasteiger charge is 2.46. The van der Waals surface area contributed by atoms with E-state index < -0.39 is 40.2 Å². The summed E-state index contributed by atoms with van der Waals surface area (Å²) in [7, 11) is 0. The largest absolute Gasteiger partial charge is 0.501 e. The number of hydrogen-bond donors (Lipinski definition) is 3. The Labute approximate surface area is 199 Å². The zero-order valence-electron chi connectivity index (χ0n) is 19.0. The second-order valence-electron chi connectivity index (χ2n) is 9.16. The first-order valence-corrected chi connectivity index (χ1v) is 11.4. The molecular weight excluding hydrogens is 457 g/mol. The zero-order chi connectivity index (χ0) is 24.7. The molecule has 0 spiro atoms. The van der Waals surface area contributed by atoms with Crippen LogP contribution in [0.5, 0.6) is 5.75 Å². The number of halogens is 1. The minimum absolute atomic E-state index is 0.0497. The van der Waals surface area contributed by atoms with Crippen LogP contribution in [0.1, 0.15) is 63.8 Å². The van der Waals surface area contributed by atoms with Crippen molar-refractivity contribution in [2.75, 3.05) is 0 Å². The fourth-order valence-electron chi connectivity index (χ4n) is 4.88. The fraction of sp³-hybridized carbons (Fsp3) is 0.375. The number of nitrogens with zero attached hydrogens (tertiary/aromatic N) is 3. The number of benzene rings is 1. The second-order valence-corrected chi connectivity index (χ2v) is 9.16. The Kier molecular flexibility index (Phi) is 5.62. The van der Waals surface area contributed by atoms with E-state index in [1.165, 1.54) is 34.9 Å². The minimum Gasteiger partial charge on any atom is -0.501 e. The molecule has 6 rings (SSSR count). The van der Waals surface area contributed by atoms with E-state index in [1.54, 1.807) is 6.92 Å². The predicted molar refractivity (Wildman–Crippen MR) is 120 cm³/mol. The molecule has 1 aliphatic carbocycles. The van der Waals surface area contributed by atoms with Gasteiger partial charge >= 0.3 is 0 Å². The molecule has 11 heteroatoms.